The predicted molar refractivity (Wildman–Crippen MR) is 107 cm³/mol. The Morgan fingerprint density at radius 2 is 1.86 bits per heavy atom. The van der Waals surface area contributed by atoms with Gasteiger partial charge in [-0.3, -0.25) is 4.79 Å². The van der Waals surface area contributed by atoms with Crippen LogP contribution in [0.3, 0.4) is 0 Å². The molecule has 2 aromatic carbocycles. The highest BCUT2D eigenvalue weighted by Gasteiger charge is 2.31. The fourth-order valence-corrected chi connectivity index (χ4v) is 3.23. The molecule has 146 valence electrons. The van der Waals surface area contributed by atoms with Crippen LogP contribution in [-0.2, 0) is 4.79 Å². The Balaban J connectivity index is 1.98. The Hall–Kier alpha value is -3.19. The maximum Gasteiger partial charge on any atom is 0.319 e. The van der Waals surface area contributed by atoms with E-state index in [-0.39, 0.29) is 5.91 Å². The molecule has 8 heteroatoms. The molecular formula is C20H20ClN3O4. The van der Waals surface area contributed by atoms with Crippen LogP contribution in [0.25, 0.3) is 0 Å². The normalized spacial score (nSPS) is 16.1. The van der Waals surface area contributed by atoms with Crippen molar-refractivity contribution in [2.24, 2.45) is 0 Å². The molecule has 0 bridgehead atoms. The Labute approximate surface area is 167 Å². The van der Waals surface area contributed by atoms with Crippen molar-refractivity contribution in [1.29, 1.82) is 0 Å². The molecule has 1 atom stereocenters. The first kappa shape index (κ1) is 19.6. The molecule has 0 aromatic heterocycles. The standard InChI is InChI=1S/C20H20ClN3O4/c1-11-17(19(25)23-14-6-4-5-13(21)10-14)18(24-20(26)22-11)12-7-8-15(27-2)16(9-12)28-3/h4-10,18H,1-3H3,(H,23,25)(H2,22,24,26)/t18-/m1/s1. The van der Waals surface area contributed by atoms with Crippen molar-refractivity contribution in [2.75, 3.05) is 19.5 Å². The van der Waals surface area contributed by atoms with Crippen LogP contribution in [0, 0.1) is 0 Å². The van der Waals surface area contributed by atoms with Gasteiger partial charge in [0.2, 0.25) is 0 Å². The van der Waals surface area contributed by atoms with E-state index in [9.17, 15) is 9.59 Å². The lowest BCUT2D eigenvalue weighted by molar-refractivity contribution is -0.113. The van der Waals surface area contributed by atoms with Crippen LogP contribution in [0.5, 0.6) is 11.5 Å². The number of anilines is 1. The SMILES string of the molecule is COc1ccc([C@H]2NC(=O)NC(C)=C2C(=O)Nc2cccc(Cl)c2)cc1OC. The number of ether oxygens (including phenoxy) is 2. The number of benzene rings is 2. The molecule has 0 spiro atoms. The molecule has 28 heavy (non-hydrogen) atoms. The minimum atomic E-state index is -0.659. The zero-order valence-electron chi connectivity index (χ0n) is 15.6. The zero-order valence-corrected chi connectivity index (χ0v) is 16.4. The Bertz CT molecular complexity index is 958. The average Bonchev–Trinajstić information content (AvgIpc) is 2.66. The number of amides is 3. The van der Waals surface area contributed by atoms with Gasteiger partial charge in [0, 0.05) is 16.4 Å². The summed E-state index contributed by atoms with van der Waals surface area (Å²) >= 11 is 5.99. The lowest BCUT2D eigenvalue weighted by atomic mass is 9.94. The summed E-state index contributed by atoms with van der Waals surface area (Å²) in [5, 5.41) is 8.76. The molecule has 3 amide bonds. The lowest BCUT2D eigenvalue weighted by Crippen LogP contribution is -2.45. The van der Waals surface area contributed by atoms with Crippen molar-refractivity contribution in [3.8, 4) is 11.5 Å². The fourth-order valence-electron chi connectivity index (χ4n) is 3.04. The van der Waals surface area contributed by atoms with E-state index in [0.717, 1.165) is 0 Å². The number of carbonyl (C=O) groups excluding carboxylic acids is 2. The van der Waals surface area contributed by atoms with Crippen molar-refractivity contribution < 1.29 is 19.1 Å². The summed E-state index contributed by atoms with van der Waals surface area (Å²) in [5.74, 6) is 0.698. The van der Waals surface area contributed by atoms with Crippen molar-refractivity contribution in [2.45, 2.75) is 13.0 Å². The lowest BCUT2D eigenvalue weighted by Gasteiger charge is -2.29. The number of hydrogen-bond donors (Lipinski definition) is 3. The van der Waals surface area contributed by atoms with E-state index in [0.29, 0.717) is 39.0 Å². The molecule has 1 heterocycles. The predicted octanol–water partition coefficient (Wildman–Crippen LogP) is 3.62. The number of carbonyl (C=O) groups is 2. The fraction of sp³-hybridized carbons (Fsp3) is 0.200. The number of allylic oxidation sites excluding steroid dienone is 1. The van der Waals surface area contributed by atoms with E-state index in [1.165, 1.54) is 14.2 Å². The van der Waals surface area contributed by atoms with Crippen molar-refractivity contribution in [1.82, 2.24) is 10.6 Å². The number of hydrogen-bond acceptors (Lipinski definition) is 4. The summed E-state index contributed by atoms with van der Waals surface area (Å²) in [6, 6.07) is 11.0. The number of rotatable bonds is 5. The second-order valence-corrected chi connectivity index (χ2v) is 6.59. The molecule has 0 unspecified atom stereocenters. The van der Waals surface area contributed by atoms with Crippen molar-refractivity contribution >= 4 is 29.2 Å². The number of nitrogens with one attached hydrogen (secondary N) is 3. The number of methoxy groups -OCH3 is 2. The third kappa shape index (κ3) is 4.04. The highest BCUT2D eigenvalue weighted by molar-refractivity contribution is 6.31. The van der Waals surface area contributed by atoms with Crippen LogP contribution in [0.2, 0.25) is 5.02 Å². The van der Waals surface area contributed by atoms with Crippen LogP contribution >= 0.6 is 11.6 Å². The van der Waals surface area contributed by atoms with Gasteiger partial charge >= 0.3 is 6.03 Å². The smallest absolute Gasteiger partial charge is 0.319 e. The number of halogens is 1. The largest absolute Gasteiger partial charge is 0.493 e. The minimum absolute atomic E-state index is 0.355. The summed E-state index contributed by atoms with van der Waals surface area (Å²) in [6.45, 7) is 1.68. The monoisotopic (exact) mass is 401 g/mol. The molecule has 0 fully saturated rings. The van der Waals surface area contributed by atoms with Crippen LogP contribution in [0.4, 0.5) is 10.5 Å². The molecule has 2 aromatic rings. The molecule has 0 saturated heterocycles. The molecule has 1 aliphatic rings. The summed E-state index contributed by atoms with van der Waals surface area (Å²) in [4.78, 5) is 25.0. The quantitative estimate of drug-likeness (QED) is 0.713. The van der Waals surface area contributed by atoms with Gasteiger partial charge in [-0.25, -0.2) is 4.79 Å². The molecule has 7 nitrogen and oxygen atoms in total. The Morgan fingerprint density at radius 3 is 2.54 bits per heavy atom. The van der Waals surface area contributed by atoms with Crippen LogP contribution in [0.15, 0.2) is 53.7 Å². The highest BCUT2D eigenvalue weighted by Crippen LogP contribution is 2.34. The van der Waals surface area contributed by atoms with Gasteiger partial charge in [-0.1, -0.05) is 23.7 Å². The van der Waals surface area contributed by atoms with Crippen molar-refractivity contribution in [3.05, 3.63) is 64.3 Å². The molecule has 3 rings (SSSR count). The first-order chi connectivity index (χ1) is 13.4. The van der Waals surface area contributed by atoms with E-state index in [2.05, 4.69) is 16.0 Å². The molecule has 1 aliphatic heterocycles. The topological polar surface area (TPSA) is 88.7 Å². The van der Waals surface area contributed by atoms with Gasteiger partial charge in [-0.2, -0.15) is 0 Å². The van der Waals surface area contributed by atoms with Gasteiger partial charge < -0.3 is 25.4 Å². The molecule has 0 aliphatic carbocycles. The van der Waals surface area contributed by atoms with Crippen LogP contribution < -0.4 is 25.4 Å². The maximum atomic E-state index is 13.0. The van der Waals surface area contributed by atoms with E-state index in [4.69, 9.17) is 21.1 Å². The summed E-state index contributed by atoms with van der Waals surface area (Å²) < 4.78 is 10.6. The Morgan fingerprint density at radius 1 is 1.11 bits per heavy atom. The van der Waals surface area contributed by atoms with Gasteiger partial charge in [0.15, 0.2) is 11.5 Å². The van der Waals surface area contributed by atoms with E-state index in [1.807, 2.05) is 0 Å². The zero-order chi connectivity index (χ0) is 20.3. The maximum absolute atomic E-state index is 13.0. The van der Waals surface area contributed by atoms with E-state index < -0.39 is 12.1 Å². The average molecular weight is 402 g/mol. The van der Waals surface area contributed by atoms with Crippen molar-refractivity contribution in [3.63, 3.8) is 0 Å². The van der Waals surface area contributed by atoms with Gasteiger partial charge in [-0.05, 0) is 42.8 Å². The molecular weight excluding hydrogens is 382 g/mol. The minimum Gasteiger partial charge on any atom is -0.493 e. The summed E-state index contributed by atoms with van der Waals surface area (Å²) in [7, 11) is 3.06. The van der Waals surface area contributed by atoms with E-state index in [1.54, 1.807) is 49.4 Å². The third-order valence-electron chi connectivity index (χ3n) is 4.34. The first-order valence-electron chi connectivity index (χ1n) is 8.50. The van der Waals surface area contributed by atoms with Gasteiger partial charge in [-0.15, -0.1) is 0 Å². The molecule has 3 N–H and O–H groups in total. The highest BCUT2D eigenvalue weighted by atomic mass is 35.5. The Kier molecular flexibility index (Phi) is 5.75. The molecule has 0 saturated carbocycles. The second-order valence-electron chi connectivity index (χ2n) is 6.15. The summed E-state index contributed by atoms with van der Waals surface area (Å²) in [6.07, 6.45) is 0. The first-order valence-corrected chi connectivity index (χ1v) is 8.88. The molecule has 0 radical (unpaired) electrons. The second kappa shape index (κ2) is 8.22. The van der Waals surface area contributed by atoms with Gasteiger partial charge in [0.1, 0.15) is 0 Å². The number of urea groups is 1. The van der Waals surface area contributed by atoms with E-state index >= 15 is 0 Å². The summed E-state index contributed by atoms with van der Waals surface area (Å²) in [5.41, 5.74) is 2.08. The van der Waals surface area contributed by atoms with Crippen LogP contribution in [-0.4, -0.2) is 26.2 Å². The van der Waals surface area contributed by atoms with Gasteiger partial charge in [0.05, 0.1) is 25.8 Å². The van der Waals surface area contributed by atoms with Crippen LogP contribution in [0.1, 0.15) is 18.5 Å². The third-order valence-corrected chi connectivity index (χ3v) is 4.57. The van der Waals surface area contributed by atoms with Gasteiger partial charge in [0.25, 0.3) is 5.91 Å².